The zero-order chi connectivity index (χ0) is 18.4. The molecule has 0 aliphatic carbocycles. The van der Waals surface area contributed by atoms with Crippen molar-refractivity contribution in [2.24, 2.45) is 0 Å². The van der Waals surface area contributed by atoms with E-state index in [1.807, 2.05) is 23.6 Å². The zero-order valence-electron chi connectivity index (χ0n) is 13.7. The topological polar surface area (TPSA) is 51.2 Å². The number of nitrogens with zero attached hydrogens (tertiary/aromatic N) is 1. The number of benzene rings is 2. The fourth-order valence-corrected chi connectivity index (χ4v) is 3.49. The molecule has 2 aromatic carbocycles. The van der Waals surface area contributed by atoms with Crippen molar-refractivity contribution < 1.29 is 9.53 Å². The SMILES string of the molecule is O=C(NCCc1cc(Cl)cc(Cl)c1)c1cccc(OCc2cscn2)c1. The van der Waals surface area contributed by atoms with Crippen molar-refractivity contribution in [3.8, 4) is 5.75 Å². The Morgan fingerprint density at radius 2 is 1.96 bits per heavy atom. The molecule has 4 nitrogen and oxygen atoms in total. The van der Waals surface area contributed by atoms with Crippen molar-refractivity contribution in [3.63, 3.8) is 0 Å². The Labute approximate surface area is 165 Å². The van der Waals surface area contributed by atoms with E-state index in [0.717, 1.165) is 11.3 Å². The summed E-state index contributed by atoms with van der Waals surface area (Å²) >= 11 is 13.5. The third-order valence-corrected chi connectivity index (χ3v) is 4.66. The van der Waals surface area contributed by atoms with Gasteiger partial charge in [-0.3, -0.25) is 4.79 Å². The highest BCUT2D eigenvalue weighted by Crippen LogP contribution is 2.19. The smallest absolute Gasteiger partial charge is 0.251 e. The normalized spacial score (nSPS) is 10.5. The predicted octanol–water partition coefficient (Wildman–Crippen LogP) is 5.00. The molecule has 0 atom stereocenters. The van der Waals surface area contributed by atoms with Gasteiger partial charge in [-0.25, -0.2) is 4.98 Å². The van der Waals surface area contributed by atoms with Crippen LogP contribution in [-0.2, 0) is 13.0 Å². The highest BCUT2D eigenvalue weighted by Gasteiger charge is 2.07. The number of rotatable bonds is 7. The molecule has 0 fully saturated rings. The summed E-state index contributed by atoms with van der Waals surface area (Å²) in [6.07, 6.45) is 0.645. The predicted molar refractivity (Wildman–Crippen MR) is 105 cm³/mol. The second-order valence-electron chi connectivity index (χ2n) is 5.58. The lowest BCUT2D eigenvalue weighted by Crippen LogP contribution is -2.25. The fraction of sp³-hybridized carbons (Fsp3) is 0.158. The van der Waals surface area contributed by atoms with Gasteiger partial charge in [-0.15, -0.1) is 11.3 Å². The molecule has 0 saturated heterocycles. The summed E-state index contributed by atoms with van der Waals surface area (Å²) in [5, 5.41) is 5.99. The Kier molecular flexibility index (Phi) is 6.50. The molecule has 0 bridgehead atoms. The van der Waals surface area contributed by atoms with E-state index in [9.17, 15) is 4.79 Å². The van der Waals surface area contributed by atoms with Crippen LogP contribution < -0.4 is 10.1 Å². The molecule has 26 heavy (non-hydrogen) atoms. The van der Waals surface area contributed by atoms with Crippen LogP contribution in [0.1, 0.15) is 21.6 Å². The van der Waals surface area contributed by atoms with Crippen molar-refractivity contribution in [1.29, 1.82) is 0 Å². The summed E-state index contributed by atoms with van der Waals surface area (Å²) in [7, 11) is 0. The molecule has 0 aliphatic heterocycles. The number of hydrogen-bond donors (Lipinski definition) is 1. The van der Waals surface area contributed by atoms with Gasteiger partial charge in [0.15, 0.2) is 0 Å². The maximum atomic E-state index is 12.3. The van der Waals surface area contributed by atoms with E-state index in [0.29, 0.717) is 40.9 Å². The van der Waals surface area contributed by atoms with Gasteiger partial charge in [0.2, 0.25) is 0 Å². The van der Waals surface area contributed by atoms with Crippen molar-refractivity contribution >= 4 is 40.4 Å². The van der Waals surface area contributed by atoms with Crippen LogP contribution in [0, 0.1) is 0 Å². The number of hydrogen-bond acceptors (Lipinski definition) is 4. The molecule has 1 heterocycles. The van der Waals surface area contributed by atoms with E-state index in [4.69, 9.17) is 27.9 Å². The number of nitrogens with one attached hydrogen (secondary N) is 1. The Balaban J connectivity index is 1.53. The zero-order valence-corrected chi connectivity index (χ0v) is 16.1. The van der Waals surface area contributed by atoms with E-state index in [1.54, 1.807) is 29.8 Å². The van der Waals surface area contributed by atoms with Crippen molar-refractivity contribution in [1.82, 2.24) is 10.3 Å². The molecule has 0 spiro atoms. The van der Waals surface area contributed by atoms with Gasteiger partial charge in [-0.05, 0) is 48.4 Å². The average Bonchev–Trinajstić information content (AvgIpc) is 3.13. The van der Waals surface area contributed by atoms with Crippen molar-refractivity contribution in [2.45, 2.75) is 13.0 Å². The third kappa shape index (κ3) is 5.46. The molecule has 3 rings (SSSR count). The summed E-state index contributed by atoms with van der Waals surface area (Å²) in [5.41, 5.74) is 4.15. The molecule has 1 amide bonds. The number of amides is 1. The van der Waals surface area contributed by atoms with Gasteiger partial charge >= 0.3 is 0 Å². The first-order valence-corrected chi connectivity index (χ1v) is 9.63. The Morgan fingerprint density at radius 3 is 2.69 bits per heavy atom. The van der Waals surface area contributed by atoms with E-state index >= 15 is 0 Å². The first-order chi connectivity index (χ1) is 12.6. The average molecular weight is 407 g/mol. The Morgan fingerprint density at radius 1 is 1.15 bits per heavy atom. The molecule has 0 aliphatic rings. The molecule has 7 heteroatoms. The fourth-order valence-electron chi connectivity index (χ4n) is 2.37. The quantitative estimate of drug-likeness (QED) is 0.600. The van der Waals surface area contributed by atoms with Gasteiger partial charge in [0.05, 0.1) is 11.2 Å². The second kappa shape index (κ2) is 9.03. The third-order valence-electron chi connectivity index (χ3n) is 3.59. The maximum absolute atomic E-state index is 12.3. The number of aromatic nitrogens is 1. The minimum absolute atomic E-state index is 0.155. The Bertz CT molecular complexity index is 865. The summed E-state index contributed by atoms with van der Waals surface area (Å²) in [4.78, 5) is 16.5. The van der Waals surface area contributed by atoms with E-state index in [2.05, 4.69) is 10.3 Å². The molecule has 1 aromatic heterocycles. The lowest BCUT2D eigenvalue weighted by atomic mass is 10.1. The van der Waals surface area contributed by atoms with Crippen molar-refractivity contribution in [3.05, 3.63) is 80.2 Å². The van der Waals surface area contributed by atoms with Gasteiger partial charge in [-0.1, -0.05) is 29.3 Å². The first-order valence-electron chi connectivity index (χ1n) is 7.93. The van der Waals surface area contributed by atoms with Crippen LogP contribution in [0.2, 0.25) is 10.0 Å². The van der Waals surface area contributed by atoms with Gasteiger partial charge < -0.3 is 10.1 Å². The molecular formula is C19H16Cl2N2O2S. The molecule has 3 aromatic rings. The summed E-state index contributed by atoms with van der Waals surface area (Å²) in [6.45, 7) is 0.865. The van der Waals surface area contributed by atoms with E-state index in [-0.39, 0.29) is 5.91 Å². The standard InChI is InChI=1S/C19H16Cl2N2O2S/c20-15-6-13(7-16(21)9-15)4-5-22-19(24)14-2-1-3-18(8-14)25-10-17-11-26-12-23-17/h1-3,6-9,11-12H,4-5,10H2,(H,22,24). The molecule has 134 valence electrons. The molecule has 0 saturated carbocycles. The second-order valence-corrected chi connectivity index (χ2v) is 7.17. The van der Waals surface area contributed by atoms with Crippen LogP contribution in [0.3, 0.4) is 0 Å². The lowest BCUT2D eigenvalue weighted by molar-refractivity contribution is 0.0953. The summed E-state index contributed by atoms with van der Waals surface area (Å²) < 4.78 is 5.68. The number of ether oxygens (including phenoxy) is 1. The number of thiazole rings is 1. The summed E-state index contributed by atoms with van der Waals surface area (Å²) in [5.74, 6) is 0.476. The maximum Gasteiger partial charge on any atom is 0.251 e. The van der Waals surface area contributed by atoms with E-state index in [1.165, 1.54) is 11.3 Å². The van der Waals surface area contributed by atoms with Gasteiger partial charge in [0.1, 0.15) is 12.4 Å². The minimum atomic E-state index is -0.155. The number of carbonyl (C=O) groups excluding carboxylic acids is 1. The van der Waals surface area contributed by atoms with Gasteiger partial charge in [-0.2, -0.15) is 0 Å². The highest BCUT2D eigenvalue weighted by molar-refractivity contribution is 7.07. The largest absolute Gasteiger partial charge is 0.487 e. The van der Waals surface area contributed by atoms with Crippen LogP contribution in [0.15, 0.2) is 53.4 Å². The van der Waals surface area contributed by atoms with Crippen LogP contribution in [-0.4, -0.2) is 17.4 Å². The first kappa shape index (κ1) is 18.7. The Hall–Kier alpha value is -2.08. The van der Waals surface area contributed by atoms with Gasteiger partial charge in [0, 0.05) is 27.5 Å². The van der Waals surface area contributed by atoms with Crippen LogP contribution >= 0.6 is 34.5 Å². The molecule has 0 radical (unpaired) electrons. The van der Waals surface area contributed by atoms with Crippen LogP contribution in [0.5, 0.6) is 5.75 Å². The lowest BCUT2D eigenvalue weighted by Gasteiger charge is -2.08. The van der Waals surface area contributed by atoms with E-state index < -0.39 is 0 Å². The number of halogens is 2. The molecular weight excluding hydrogens is 391 g/mol. The van der Waals surface area contributed by atoms with Gasteiger partial charge in [0.25, 0.3) is 5.91 Å². The molecule has 0 unspecified atom stereocenters. The number of carbonyl (C=O) groups is 1. The highest BCUT2D eigenvalue weighted by atomic mass is 35.5. The summed E-state index contributed by atoms with van der Waals surface area (Å²) in [6, 6.07) is 12.4. The van der Waals surface area contributed by atoms with Crippen molar-refractivity contribution in [2.75, 3.05) is 6.54 Å². The van der Waals surface area contributed by atoms with Crippen LogP contribution in [0.25, 0.3) is 0 Å². The molecule has 1 N–H and O–H groups in total. The minimum Gasteiger partial charge on any atom is -0.487 e. The van der Waals surface area contributed by atoms with Crippen LogP contribution in [0.4, 0.5) is 0 Å². The monoisotopic (exact) mass is 406 g/mol.